The summed E-state index contributed by atoms with van der Waals surface area (Å²) < 4.78 is 6.20. The van der Waals surface area contributed by atoms with Gasteiger partial charge in [-0.3, -0.25) is 9.59 Å². The van der Waals surface area contributed by atoms with Crippen LogP contribution < -0.4 is 15.4 Å². The van der Waals surface area contributed by atoms with E-state index in [9.17, 15) is 9.59 Å². The molecule has 0 aromatic heterocycles. The summed E-state index contributed by atoms with van der Waals surface area (Å²) in [5.74, 6) is 0.545. The van der Waals surface area contributed by atoms with Gasteiger partial charge in [0.2, 0.25) is 11.8 Å². The molecule has 0 aliphatic rings. The molecule has 0 heterocycles. The van der Waals surface area contributed by atoms with E-state index < -0.39 is 0 Å². The molecule has 0 saturated carbocycles. The van der Waals surface area contributed by atoms with Crippen molar-refractivity contribution in [2.75, 3.05) is 19.7 Å². The molecule has 0 fully saturated rings. The van der Waals surface area contributed by atoms with Crippen LogP contribution in [0.2, 0.25) is 0 Å². The van der Waals surface area contributed by atoms with Crippen LogP contribution in [0.1, 0.15) is 128 Å². The van der Waals surface area contributed by atoms with E-state index in [4.69, 9.17) is 4.74 Å². The highest BCUT2D eigenvalue weighted by Crippen LogP contribution is 2.33. The number of nitrogens with one attached hydrogen (secondary N) is 2. The third-order valence-corrected chi connectivity index (χ3v) is 8.80. The van der Waals surface area contributed by atoms with Crippen molar-refractivity contribution in [1.82, 2.24) is 10.6 Å². The van der Waals surface area contributed by atoms with Gasteiger partial charge in [0.1, 0.15) is 5.75 Å². The third-order valence-electron chi connectivity index (χ3n) is 8.80. The van der Waals surface area contributed by atoms with Crippen molar-refractivity contribution in [1.29, 1.82) is 0 Å². The SMILES string of the molecule is CC(C)(C)c1cc(OCCCCCCCCCCCNC(=O)/C=C/C(=O)NCC(c2ccccc2)c2ccccc2)cc(C(C)(C)C)c1. The molecular weight excluding hydrogens is 592 g/mol. The molecule has 0 bridgehead atoms. The first kappa shape index (κ1) is 38.6. The van der Waals surface area contributed by atoms with E-state index in [1.165, 1.54) is 61.8 Å². The monoisotopic (exact) mass is 652 g/mol. The molecule has 0 radical (unpaired) electrons. The summed E-state index contributed by atoms with van der Waals surface area (Å²) in [6.45, 7) is 15.4. The molecule has 260 valence electrons. The van der Waals surface area contributed by atoms with E-state index in [1.807, 2.05) is 36.4 Å². The van der Waals surface area contributed by atoms with Gasteiger partial charge < -0.3 is 15.4 Å². The zero-order valence-corrected chi connectivity index (χ0v) is 30.4. The lowest BCUT2D eigenvalue weighted by Gasteiger charge is -2.26. The van der Waals surface area contributed by atoms with Gasteiger partial charge in [-0.05, 0) is 58.1 Å². The minimum atomic E-state index is -0.268. The lowest BCUT2D eigenvalue weighted by Crippen LogP contribution is -2.28. The highest BCUT2D eigenvalue weighted by Gasteiger charge is 2.21. The fourth-order valence-corrected chi connectivity index (χ4v) is 5.69. The highest BCUT2D eigenvalue weighted by molar-refractivity contribution is 5.96. The smallest absolute Gasteiger partial charge is 0.244 e. The first-order chi connectivity index (χ1) is 22.9. The number of unbranched alkanes of at least 4 members (excludes halogenated alkanes) is 8. The van der Waals surface area contributed by atoms with Crippen LogP contribution in [0.25, 0.3) is 0 Å². The van der Waals surface area contributed by atoms with E-state index in [0.29, 0.717) is 13.1 Å². The molecule has 3 aromatic rings. The van der Waals surface area contributed by atoms with Crippen LogP contribution in [0.4, 0.5) is 0 Å². The molecule has 0 aliphatic carbocycles. The maximum atomic E-state index is 12.4. The summed E-state index contributed by atoms with van der Waals surface area (Å²) in [5, 5.41) is 5.86. The van der Waals surface area contributed by atoms with Crippen molar-refractivity contribution < 1.29 is 14.3 Å². The predicted molar refractivity (Wildman–Crippen MR) is 201 cm³/mol. The summed E-state index contributed by atoms with van der Waals surface area (Å²) >= 11 is 0. The van der Waals surface area contributed by atoms with E-state index in [2.05, 4.69) is 94.6 Å². The summed E-state index contributed by atoms with van der Waals surface area (Å²) in [7, 11) is 0. The molecular formula is C43H60N2O3. The second-order valence-corrected chi connectivity index (χ2v) is 15.0. The van der Waals surface area contributed by atoms with Gasteiger partial charge in [0.25, 0.3) is 0 Å². The summed E-state index contributed by atoms with van der Waals surface area (Å²) in [6.07, 6.45) is 13.1. The zero-order valence-electron chi connectivity index (χ0n) is 30.4. The van der Waals surface area contributed by atoms with Crippen LogP contribution in [-0.2, 0) is 20.4 Å². The Hall–Kier alpha value is -3.86. The van der Waals surface area contributed by atoms with Crippen LogP contribution in [0, 0.1) is 0 Å². The van der Waals surface area contributed by atoms with Crippen LogP contribution in [-0.4, -0.2) is 31.5 Å². The van der Waals surface area contributed by atoms with E-state index in [1.54, 1.807) is 0 Å². The van der Waals surface area contributed by atoms with Crippen molar-refractivity contribution in [2.24, 2.45) is 0 Å². The van der Waals surface area contributed by atoms with E-state index in [0.717, 1.165) is 42.7 Å². The van der Waals surface area contributed by atoms with Crippen molar-refractivity contribution in [3.8, 4) is 5.75 Å². The number of carbonyl (C=O) groups excluding carboxylic acids is 2. The largest absolute Gasteiger partial charge is 0.494 e. The Kier molecular flexibility index (Phi) is 15.9. The van der Waals surface area contributed by atoms with Gasteiger partial charge in [0.05, 0.1) is 6.61 Å². The van der Waals surface area contributed by atoms with Crippen molar-refractivity contribution in [2.45, 2.75) is 116 Å². The first-order valence-electron chi connectivity index (χ1n) is 18.1. The summed E-state index contributed by atoms with van der Waals surface area (Å²) in [6, 6.07) is 27.0. The maximum Gasteiger partial charge on any atom is 0.244 e. The Balaban J connectivity index is 1.20. The molecule has 0 saturated heterocycles. The van der Waals surface area contributed by atoms with Gasteiger partial charge in [-0.25, -0.2) is 0 Å². The van der Waals surface area contributed by atoms with E-state index in [-0.39, 0.29) is 28.6 Å². The highest BCUT2D eigenvalue weighted by atomic mass is 16.5. The number of hydrogen-bond acceptors (Lipinski definition) is 3. The fourth-order valence-electron chi connectivity index (χ4n) is 5.69. The zero-order chi connectivity index (χ0) is 34.8. The number of ether oxygens (including phenoxy) is 1. The van der Waals surface area contributed by atoms with Crippen molar-refractivity contribution in [3.05, 3.63) is 113 Å². The Bertz CT molecular complexity index is 1330. The maximum absolute atomic E-state index is 12.4. The minimum Gasteiger partial charge on any atom is -0.494 e. The van der Waals surface area contributed by atoms with E-state index >= 15 is 0 Å². The minimum absolute atomic E-state index is 0.0443. The average molecular weight is 653 g/mol. The number of carbonyl (C=O) groups is 2. The van der Waals surface area contributed by atoms with Crippen LogP contribution in [0.5, 0.6) is 5.75 Å². The third kappa shape index (κ3) is 14.5. The number of benzene rings is 3. The Labute approximate surface area is 291 Å². The van der Waals surface area contributed by atoms with Crippen molar-refractivity contribution >= 4 is 11.8 Å². The number of hydrogen-bond donors (Lipinski definition) is 2. The molecule has 5 heteroatoms. The van der Waals surface area contributed by atoms with Gasteiger partial charge in [-0.1, -0.05) is 153 Å². The van der Waals surface area contributed by atoms with Crippen LogP contribution in [0.15, 0.2) is 91.0 Å². The van der Waals surface area contributed by atoms with Crippen LogP contribution >= 0.6 is 0 Å². The Morgan fingerprint density at radius 3 is 1.52 bits per heavy atom. The quantitative estimate of drug-likeness (QED) is 0.100. The molecule has 5 nitrogen and oxygen atoms in total. The second-order valence-electron chi connectivity index (χ2n) is 15.0. The lowest BCUT2D eigenvalue weighted by molar-refractivity contribution is -0.118. The normalized spacial score (nSPS) is 12.0. The predicted octanol–water partition coefficient (Wildman–Crippen LogP) is 9.79. The molecule has 2 N–H and O–H groups in total. The molecule has 0 unspecified atom stereocenters. The number of rotatable bonds is 19. The molecule has 48 heavy (non-hydrogen) atoms. The Morgan fingerprint density at radius 2 is 1.04 bits per heavy atom. The van der Waals surface area contributed by atoms with Crippen LogP contribution in [0.3, 0.4) is 0 Å². The standard InChI is InChI=1S/C43H60N2O3/c1-42(2,3)36-30-37(43(4,5)6)32-38(31-36)48-29-21-13-11-9-7-8-10-12-20-28-44-40(46)26-27-41(47)45-33-39(34-22-16-14-17-23-34)35-24-18-15-19-25-35/h14-19,22-27,30-32,39H,7-13,20-21,28-29,33H2,1-6H3,(H,44,46)(H,45,47)/b27-26+. The lowest BCUT2D eigenvalue weighted by atomic mass is 9.80. The molecule has 3 aromatic carbocycles. The number of amides is 2. The van der Waals surface area contributed by atoms with Gasteiger partial charge in [0, 0.05) is 31.2 Å². The Morgan fingerprint density at radius 1 is 0.604 bits per heavy atom. The molecule has 3 rings (SSSR count). The summed E-state index contributed by atoms with van der Waals surface area (Å²) in [5.41, 5.74) is 5.13. The van der Waals surface area contributed by atoms with Gasteiger partial charge >= 0.3 is 0 Å². The molecule has 0 atom stereocenters. The molecule has 0 spiro atoms. The molecule has 0 aliphatic heterocycles. The second kappa shape index (κ2) is 19.8. The van der Waals surface area contributed by atoms with Gasteiger partial charge in [-0.15, -0.1) is 0 Å². The average Bonchev–Trinajstić information content (AvgIpc) is 3.06. The summed E-state index contributed by atoms with van der Waals surface area (Å²) in [4.78, 5) is 24.7. The fraction of sp³-hybridized carbons (Fsp3) is 0.488. The van der Waals surface area contributed by atoms with Gasteiger partial charge in [-0.2, -0.15) is 0 Å². The molecule has 2 amide bonds. The van der Waals surface area contributed by atoms with Crippen molar-refractivity contribution in [3.63, 3.8) is 0 Å². The van der Waals surface area contributed by atoms with Gasteiger partial charge in [0.15, 0.2) is 0 Å². The first-order valence-corrected chi connectivity index (χ1v) is 18.1. The topological polar surface area (TPSA) is 67.4 Å².